The Bertz CT molecular complexity index is 547. The number of benzene rings is 1. The van der Waals surface area contributed by atoms with Gasteiger partial charge in [-0.05, 0) is 18.1 Å². The van der Waals surface area contributed by atoms with E-state index >= 15 is 0 Å². The highest BCUT2D eigenvalue weighted by Crippen LogP contribution is 2.34. The Morgan fingerprint density at radius 2 is 2.28 bits per heavy atom. The summed E-state index contributed by atoms with van der Waals surface area (Å²) >= 11 is 13.6. The first-order valence-corrected chi connectivity index (χ1v) is 7.26. The molecule has 3 rings (SSSR count). The van der Waals surface area contributed by atoms with Gasteiger partial charge < -0.3 is 0 Å². The van der Waals surface area contributed by atoms with Crippen LogP contribution in [0.15, 0.2) is 23.2 Å². The van der Waals surface area contributed by atoms with Crippen molar-refractivity contribution in [2.45, 2.75) is 11.7 Å². The van der Waals surface area contributed by atoms with E-state index in [4.69, 9.17) is 23.2 Å². The number of aliphatic imine (C=N–C) groups is 1. The van der Waals surface area contributed by atoms with Crippen LogP contribution in [0.5, 0.6) is 0 Å². The number of nitrogens with zero attached hydrogens (tertiary/aromatic N) is 2. The van der Waals surface area contributed by atoms with Crippen molar-refractivity contribution in [2.75, 3.05) is 13.1 Å². The second-order valence-corrected chi connectivity index (χ2v) is 6.13. The van der Waals surface area contributed by atoms with Gasteiger partial charge >= 0.3 is 0 Å². The molecular weight excluding hydrogens is 291 g/mol. The van der Waals surface area contributed by atoms with E-state index in [2.05, 4.69) is 4.99 Å². The van der Waals surface area contributed by atoms with Gasteiger partial charge in [-0.2, -0.15) is 0 Å². The number of carbonyl (C=O) groups excluding carboxylic acids is 1. The fourth-order valence-corrected chi connectivity index (χ4v) is 3.74. The summed E-state index contributed by atoms with van der Waals surface area (Å²) in [6, 6.07) is 5.51. The van der Waals surface area contributed by atoms with Crippen LogP contribution in [0, 0.1) is 0 Å². The summed E-state index contributed by atoms with van der Waals surface area (Å²) in [6.45, 7) is 1.43. The van der Waals surface area contributed by atoms with Gasteiger partial charge in [-0.25, -0.2) is 0 Å². The van der Waals surface area contributed by atoms with Crippen LogP contribution in [0.2, 0.25) is 10.0 Å². The molecule has 3 nitrogen and oxygen atoms in total. The normalized spacial score (nSPS) is 22.3. The third-order valence-corrected chi connectivity index (χ3v) is 5.10. The molecule has 18 heavy (non-hydrogen) atoms. The summed E-state index contributed by atoms with van der Waals surface area (Å²) in [5.74, 6) is 0.132. The van der Waals surface area contributed by atoms with Crippen LogP contribution in [0.1, 0.15) is 5.56 Å². The van der Waals surface area contributed by atoms with E-state index in [9.17, 15) is 4.79 Å². The van der Waals surface area contributed by atoms with Crippen LogP contribution in [0.4, 0.5) is 0 Å². The van der Waals surface area contributed by atoms with E-state index < -0.39 is 0 Å². The molecule has 0 spiro atoms. The van der Waals surface area contributed by atoms with Gasteiger partial charge in [0.2, 0.25) is 5.91 Å². The summed E-state index contributed by atoms with van der Waals surface area (Å²) in [6.07, 6.45) is 0.596. The zero-order chi connectivity index (χ0) is 12.7. The Hall–Kier alpha value is -0.710. The second kappa shape index (κ2) is 4.76. The number of amidine groups is 1. The third-order valence-electron chi connectivity index (χ3n) is 3.03. The molecule has 0 aliphatic carbocycles. The largest absolute Gasteiger partial charge is 0.289 e. The van der Waals surface area contributed by atoms with Crippen LogP contribution in [0.25, 0.3) is 0 Å². The molecule has 94 valence electrons. The first-order valence-electron chi connectivity index (χ1n) is 5.62. The Morgan fingerprint density at radius 3 is 3.06 bits per heavy atom. The van der Waals surface area contributed by atoms with Crippen molar-refractivity contribution >= 4 is 46.0 Å². The van der Waals surface area contributed by atoms with Gasteiger partial charge in [0.05, 0.1) is 21.8 Å². The maximum Gasteiger partial charge on any atom is 0.242 e. The Morgan fingerprint density at radius 1 is 1.44 bits per heavy atom. The molecule has 0 aromatic heterocycles. The lowest BCUT2D eigenvalue weighted by atomic mass is 10.1. The molecule has 2 heterocycles. The van der Waals surface area contributed by atoms with Gasteiger partial charge in [-0.1, -0.05) is 47.1 Å². The van der Waals surface area contributed by atoms with Crippen LogP contribution >= 0.6 is 35.0 Å². The van der Waals surface area contributed by atoms with Crippen LogP contribution in [-0.4, -0.2) is 34.3 Å². The van der Waals surface area contributed by atoms with Crippen molar-refractivity contribution in [3.63, 3.8) is 0 Å². The number of amides is 1. The van der Waals surface area contributed by atoms with Gasteiger partial charge in [0.15, 0.2) is 5.17 Å². The van der Waals surface area contributed by atoms with Gasteiger partial charge in [0.1, 0.15) is 0 Å². The average molecular weight is 301 g/mol. The molecule has 1 saturated heterocycles. The Balaban J connectivity index is 1.82. The highest BCUT2D eigenvalue weighted by atomic mass is 35.5. The molecule has 1 atom stereocenters. The van der Waals surface area contributed by atoms with Gasteiger partial charge in [-0.15, -0.1) is 0 Å². The minimum atomic E-state index is -0.125. The number of hydrogen-bond acceptors (Lipinski definition) is 3. The quantitative estimate of drug-likeness (QED) is 0.841. The molecule has 6 heteroatoms. The summed E-state index contributed by atoms with van der Waals surface area (Å²) in [5.41, 5.74) is 0.914. The van der Waals surface area contributed by atoms with Gasteiger partial charge in [-0.3, -0.25) is 14.7 Å². The molecule has 2 aliphatic heterocycles. The minimum Gasteiger partial charge on any atom is -0.289 e. The predicted octanol–water partition coefficient (Wildman–Crippen LogP) is 2.85. The minimum absolute atomic E-state index is 0.125. The third kappa shape index (κ3) is 2.02. The molecule has 1 aromatic carbocycles. The molecule has 1 unspecified atom stereocenters. The van der Waals surface area contributed by atoms with Crippen LogP contribution < -0.4 is 0 Å². The zero-order valence-electron chi connectivity index (χ0n) is 9.40. The van der Waals surface area contributed by atoms with Gasteiger partial charge in [0.25, 0.3) is 0 Å². The number of halogens is 2. The first kappa shape index (κ1) is 12.3. The maximum atomic E-state index is 12.1. The molecule has 0 saturated carbocycles. The first-order chi connectivity index (χ1) is 8.66. The standard InChI is InChI=1S/C12H10Cl2N2OS/c13-8-3-1-2-7(10(8)14)6-9-11(17)16-5-4-15-12(16)18-9/h1-3,9H,4-6H2. The number of rotatable bonds is 2. The Labute approximate surface area is 119 Å². The molecular formula is C12H10Cl2N2OS. The van der Waals surface area contributed by atoms with E-state index in [0.717, 1.165) is 17.3 Å². The van der Waals surface area contributed by atoms with Crippen molar-refractivity contribution in [3.05, 3.63) is 33.8 Å². The van der Waals surface area contributed by atoms with Crippen molar-refractivity contribution < 1.29 is 4.79 Å². The summed E-state index contributed by atoms with van der Waals surface area (Å²) < 4.78 is 0. The lowest BCUT2D eigenvalue weighted by molar-refractivity contribution is -0.125. The Kier molecular flexibility index (Phi) is 3.26. The average Bonchev–Trinajstić information content (AvgIpc) is 2.90. The fourth-order valence-electron chi connectivity index (χ4n) is 2.12. The number of thioether (sulfide) groups is 1. The summed E-state index contributed by atoms with van der Waals surface area (Å²) in [5, 5.41) is 1.80. The molecule has 1 fully saturated rings. The zero-order valence-corrected chi connectivity index (χ0v) is 11.7. The van der Waals surface area contributed by atoms with E-state index in [-0.39, 0.29) is 11.2 Å². The molecule has 1 aromatic rings. The molecule has 0 radical (unpaired) electrons. The molecule has 0 N–H and O–H groups in total. The lowest BCUT2D eigenvalue weighted by Crippen LogP contribution is -2.31. The highest BCUT2D eigenvalue weighted by molar-refractivity contribution is 8.15. The number of hydrogen-bond donors (Lipinski definition) is 0. The molecule has 2 aliphatic rings. The van der Waals surface area contributed by atoms with E-state index in [0.29, 0.717) is 23.0 Å². The molecule has 0 bridgehead atoms. The maximum absolute atomic E-state index is 12.1. The van der Waals surface area contributed by atoms with Crippen molar-refractivity contribution in [2.24, 2.45) is 4.99 Å². The SMILES string of the molecule is O=C1C(Cc2cccc(Cl)c2Cl)SC2=NCCN12. The second-order valence-electron chi connectivity index (χ2n) is 4.18. The highest BCUT2D eigenvalue weighted by Gasteiger charge is 2.39. The number of carbonyl (C=O) groups is 1. The van der Waals surface area contributed by atoms with Crippen molar-refractivity contribution in [1.82, 2.24) is 4.90 Å². The van der Waals surface area contributed by atoms with Crippen molar-refractivity contribution in [1.29, 1.82) is 0 Å². The lowest BCUT2D eigenvalue weighted by Gasteiger charge is -2.11. The molecule has 1 amide bonds. The van der Waals surface area contributed by atoms with Crippen molar-refractivity contribution in [3.8, 4) is 0 Å². The van der Waals surface area contributed by atoms with Crippen LogP contribution in [0.3, 0.4) is 0 Å². The topological polar surface area (TPSA) is 32.7 Å². The van der Waals surface area contributed by atoms with E-state index in [1.165, 1.54) is 11.8 Å². The predicted molar refractivity (Wildman–Crippen MR) is 75.6 cm³/mol. The van der Waals surface area contributed by atoms with Gasteiger partial charge in [0, 0.05) is 6.54 Å². The van der Waals surface area contributed by atoms with E-state index in [1.807, 2.05) is 12.1 Å². The number of fused-ring (bicyclic) bond motifs is 1. The summed E-state index contributed by atoms with van der Waals surface area (Å²) in [4.78, 5) is 18.2. The monoisotopic (exact) mass is 300 g/mol. The van der Waals surface area contributed by atoms with Crippen LogP contribution in [-0.2, 0) is 11.2 Å². The summed E-state index contributed by atoms with van der Waals surface area (Å²) in [7, 11) is 0. The smallest absolute Gasteiger partial charge is 0.242 e. The fraction of sp³-hybridized carbons (Fsp3) is 0.333. The van der Waals surface area contributed by atoms with E-state index in [1.54, 1.807) is 11.0 Å².